The number of alkyl halides is 1. The molecule has 0 unspecified atom stereocenters. The van der Waals surface area contributed by atoms with E-state index in [9.17, 15) is 5.11 Å². The average Bonchev–Trinajstić information content (AvgIpc) is 2.33. The van der Waals surface area contributed by atoms with Gasteiger partial charge in [0, 0.05) is 10.7 Å². The van der Waals surface area contributed by atoms with Crippen molar-refractivity contribution in [3.63, 3.8) is 0 Å². The fraction of sp³-hybridized carbons (Fsp3) is 0.231. The Labute approximate surface area is 103 Å². The standard InChI is InChI=1S/C13H13BrO2/c14-8-3-9-16-12-7-6-10-4-1-2-5-11(10)13(12)15/h1-2,4-7,15H,3,8-9H2. The summed E-state index contributed by atoms with van der Waals surface area (Å²) in [6.45, 7) is 0.608. The van der Waals surface area contributed by atoms with E-state index in [0.717, 1.165) is 22.5 Å². The predicted molar refractivity (Wildman–Crippen MR) is 69.5 cm³/mol. The highest BCUT2D eigenvalue weighted by molar-refractivity contribution is 9.09. The van der Waals surface area contributed by atoms with E-state index in [2.05, 4.69) is 15.9 Å². The van der Waals surface area contributed by atoms with Gasteiger partial charge in [0.15, 0.2) is 11.5 Å². The van der Waals surface area contributed by atoms with Gasteiger partial charge in [-0.25, -0.2) is 0 Å². The number of benzene rings is 2. The van der Waals surface area contributed by atoms with Crippen molar-refractivity contribution >= 4 is 26.7 Å². The van der Waals surface area contributed by atoms with Gasteiger partial charge < -0.3 is 9.84 Å². The van der Waals surface area contributed by atoms with Gasteiger partial charge in [0.25, 0.3) is 0 Å². The van der Waals surface area contributed by atoms with Gasteiger partial charge in [0.2, 0.25) is 0 Å². The van der Waals surface area contributed by atoms with Crippen LogP contribution in [-0.4, -0.2) is 17.0 Å². The lowest BCUT2D eigenvalue weighted by atomic mass is 10.1. The van der Waals surface area contributed by atoms with Crippen molar-refractivity contribution in [3.05, 3.63) is 36.4 Å². The highest BCUT2D eigenvalue weighted by Crippen LogP contribution is 2.34. The van der Waals surface area contributed by atoms with Crippen molar-refractivity contribution in [2.24, 2.45) is 0 Å². The molecular formula is C13H13BrO2. The van der Waals surface area contributed by atoms with E-state index >= 15 is 0 Å². The molecule has 0 aliphatic heterocycles. The topological polar surface area (TPSA) is 29.5 Å². The maximum Gasteiger partial charge on any atom is 0.165 e. The lowest BCUT2D eigenvalue weighted by molar-refractivity contribution is 0.302. The number of fused-ring (bicyclic) bond motifs is 1. The summed E-state index contributed by atoms with van der Waals surface area (Å²) in [5.74, 6) is 0.785. The van der Waals surface area contributed by atoms with Crippen LogP contribution in [0.15, 0.2) is 36.4 Å². The van der Waals surface area contributed by atoms with Gasteiger partial charge >= 0.3 is 0 Å². The molecule has 2 aromatic carbocycles. The number of hydrogen-bond acceptors (Lipinski definition) is 2. The lowest BCUT2D eigenvalue weighted by Crippen LogP contribution is -1.97. The third-order valence-corrected chi connectivity index (χ3v) is 2.96. The van der Waals surface area contributed by atoms with Gasteiger partial charge in [-0.2, -0.15) is 0 Å². The van der Waals surface area contributed by atoms with Gasteiger partial charge in [-0.1, -0.05) is 46.3 Å². The van der Waals surface area contributed by atoms with Gasteiger partial charge in [-0.05, 0) is 17.9 Å². The monoisotopic (exact) mass is 280 g/mol. The SMILES string of the molecule is Oc1c(OCCCBr)ccc2ccccc12. The quantitative estimate of drug-likeness (QED) is 0.683. The molecule has 0 heterocycles. The summed E-state index contributed by atoms with van der Waals surface area (Å²) in [5.41, 5.74) is 0. The predicted octanol–water partition coefficient (Wildman–Crippen LogP) is 3.71. The van der Waals surface area contributed by atoms with E-state index in [1.165, 1.54) is 0 Å². The van der Waals surface area contributed by atoms with Crippen LogP contribution in [0.25, 0.3) is 10.8 Å². The first kappa shape index (κ1) is 11.3. The lowest BCUT2D eigenvalue weighted by Gasteiger charge is -2.09. The van der Waals surface area contributed by atoms with Crippen molar-refractivity contribution in [1.29, 1.82) is 0 Å². The van der Waals surface area contributed by atoms with Crippen molar-refractivity contribution in [3.8, 4) is 11.5 Å². The number of halogens is 1. The Balaban J connectivity index is 2.29. The van der Waals surface area contributed by atoms with E-state index < -0.39 is 0 Å². The minimum atomic E-state index is 0.229. The Kier molecular flexibility index (Phi) is 3.67. The molecule has 2 nitrogen and oxygen atoms in total. The molecule has 16 heavy (non-hydrogen) atoms. The first-order chi connectivity index (χ1) is 7.83. The summed E-state index contributed by atoms with van der Waals surface area (Å²) in [6.07, 6.45) is 0.923. The molecule has 84 valence electrons. The number of phenols is 1. The van der Waals surface area contributed by atoms with Gasteiger partial charge in [-0.3, -0.25) is 0 Å². The minimum absolute atomic E-state index is 0.229. The zero-order chi connectivity index (χ0) is 11.4. The van der Waals surface area contributed by atoms with Gasteiger partial charge in [0.1, 0.15) is 0 Å². The molecule has 0 aliphatic carbocycles. The summed E-state index contributed by atoms with van der Waals surface area (Å²) in [5, 5.41) is 12.8. The van der Waals surface area contributed by atoms with Crippen LogP contribution >= 0.6 is 15.9 Å². The normalized spacial score (nSPS) is 10.6. The third-order valence-electron chi connectivity index (χ3n) is 2.40. The van der Waals surface area contributed by atoms with Crippen molar-refractivity contribution in [2.45, 2.75) is 6.42 Å². The molecule has 2 aromatic rings. The van der Waals surface area contributed by atoms with Gasteiger partial charge in [-0.15, -0.1) is 0 Å². The summed E-state index contributed by atoms with van der Waals surface area (Å²) >= 11 is 3.34. The summed E-state index contributed by atoms with van der Waals surface area (Å²) in [4.78, 5) is 0. The summed E-state index contributed by atoms with van der Waals surface area (Å²) in [6, 6.07) is 11.5. The summed E-state index contributed by atoms with van der Waals surface area (Å²) in [7, 11) is 0. The van der Waals surface area contributed by atoms with E-state index in [1.807, 2.05) is 36.4 Å². The molecule has 0 aliphatic rings. The average molecular weight is 281 g/mol. The van der Waals surface area contributed by atoms with Crippen LogP contribution in [0.2, 0.25) is 0 Å². The third kappa shape index (κ3) is 2.30. The molecule has 0 fully saturated rings. The maximum atomic E-state index is 10.0. The second-order valence-electron chi connectivity index (χ2n) is 3.52. The second kappa shape index (κ2) is 5.21. The van der Waals surface area contributed by atoms with Crippen molar-refractivity contribution in [1.82, 2.24) is 0 Å². The smallest absolute Gasteiger partial charge is 0.165 e. The molecule has 1 N–H and O–H groups in total. The fourth-order valence-corrected chi connectivity index (χ4v) is 1.82. The molecule has 0 bridgehead atoms. The highest BCUT2D eigenvalue weighted by atomic mass is 79.9. The van der Waals surface area contributed by atoms with E-state index in [4.69, 9.17) is 4.74 Å². The second-order valence-corrected chi connectivity index (χ2v) is 4.32. The van der Waals surface area contributed by atoms with Crippen LogP contribution in [0.4, 0.5) is 0 Å². The molecule has 0 spiro atoms. The highest BCUT2D eigenvalue weighted by Gasteiger charge is 2.06. The molecule has 3 heteroatoms. The minimum Gasteiger partial charge on any atom is -0.504 e. The molecule has 0 aromatic heterocycles. The zero-order valence-corrected chi connectivity index (χ0v) is 10.4. The Morgan fingerprint density at radius 3 is 2.75 bits per heavy atom. The number of phenolic OH excluding ortho intramolecular Hbond substituents is 1. The first-order valence-electron chi connectivity index (χ1n) is 5.22. The molecular weight excluding hydrogens is 268 g/mol. The van der Waals surface area contributed by atoms with Crippen LogP contribution in [0.5, 0.6) is 11.5 Å². The van der Waals surface area contributed by atoms with Gasteiger partial charge in [0.05, 0.1) is 6.61 Å². The van der Waals surface area contributed by atoms with E-state index in [-0.39, 0.29) is 5.75 Å². The zero-order valence-electron chi connectivity index (χ0n) is 8.82. The van der Waals surface area contributed by atoms with Crippen LogP contribution in [0, 0.1) is 0 Å². The number of hydrogen-bond donors (Lipinski definition) is 1. The van der Waals surface area contributed by atoms with E-state index in [1.54, 1.807) is 0 Å². The van der Waals surface area contributed by atoms with Crippen LogP contribution in [-0.2, 0) is 0 Å². The first-order valence-corrected chi connectivity index (χ1v) is 6.34. The Morgan fingerprint density at radius 2 is 1.94 bits per heavy atom. The molecule has 0 saturated carbocycles. The molecule has 0 saturated heterocycles. The Bertz CT molecular complexity index is 482. The fourth-order valence-electron chi connectivity index (χ4n) is 1.59. The maximum absolute atomic E-state index is 10.0. The van der Waals surface area contributed by atoms with Crippen LogP contribution in [0.3, 0.4) is 0 Å². The van der Waals surface area contributed by atoms with Crippen molar-refractivity contribution < 1.29 is 9.84 Å². The molecule has 2 rings (SSSR count). The molecule has 0 radical (unpaired) electrons. The number of rotatable bonds is 4. The summed E-state index contributed by atoms with van der Waals surface area (Å²) < 4.78 is 5.51. The molecule has 0 atom stereocenters. The van der Waals surface area contributed by atoms with Crippen LogP contribution in [0.1, 0.15) is 6.42 Å². The van der Waals surface area contributed by atoms with E-state index in [0.29, 0.717) is 12.4 Å². The number of aromatic hydroxyl groups is 1. The molecule has 0 amide bonds. The Hall–Kier alpha value is -1.22. The van der Waals surface area contributed by atoms with Crippen molar-refractivity contribution in [2.75, 3.05) is 11.9 Å². The van der Waals surface area contributed by atoms with Crippen LogP contribution < -0.4 is 4.74 Å². The number of ether oxygens (including phenoxy) is 1. The largest absolute Gasteiger partial charge is 0.504 e. The Morgan fingerprint density at radius 1 is 1.12 bits per heavy atom.